The van der Waals surface area contributed by atoms with Crippen LogP contribution in [0.3, 0.4) is 0 Å². The van der Waals surface area contributed by atoms with Crippen LogP contribution in [0.25, 0.3) is 5.76 Å². The molecule has 2 heterocycles. The molecule has 3 aromatic rings. The number of aliphatic hydroxyl groups excluding tert-OH is 1. The molecule has 0 saturated carbocycles. The Morgan fingerprint density at radius 3 is 2.48 bits per heavy atom. The summed E-state index contributed by atoms with van der Waals surface area (Å²) < 4.78 is 16.1. The molecule has 158 valence electrons. The Balaban J connectivity index is 1.94. The molecule has 1 amide bonds. The van der Waals surface area contributed by atoms with Crippen LogP contribution in [0.2, 0.25) is 0 Å². The predicted octanol–water partition coefficient (Wildman–Crippen LogP) is 4.23. The van der Waals surface area contributed by atoms with Gasteiger partial charge in [-0.3, -0.25) is 14.5 Å². The average molecular weight is 419 g/mol. The number of ketones is 1. The zero-order valence-corrected chi connectivity index (χ0v) is 17.3. The Morgan fingerprint density at radius 1 is 1.03 bits per heavy atom. The van der Waals surface area contributed by atoms with Crippen molar-refractivity contribution in [1.29, 1.82) is 0 Å². The summed E-state index contributed by atoms with van der Waals surface area (Å²) in [4.78, 5) is 27.5. The zero-order valence-electron chi connectivity index (χ0n) is 17.3. The molecule has 1 fully saturated rings. The van der Waals surface area contributed by atoms with Crippen LogP contribution < -0.4 is 14.4 Å². The lowest BCUT2D eigenvalue weighted by Crippen LogP contribution is -2.29. The maximum Gasteiger partial charge on any atom is 0.300 e. The molecular formula is C24H21NO6. The normalized spacial score (nSPS) is 17.8. The number of Topliss-reactive ketones (excluding diaryl/α,β-unsaturated/α-hetero) is 1. The highest BCUT2D eigenvalue weighted by Crippen LogP contribution is 2.43. The van der Waals surface area contributed by atoms with Crippen LogP contribution in [0, 0.1) is 6.92 Å². The molecule has 1 aliphatic rings. The number of ether oxygens (including phenoxy) is 2. The number of furan rings is 1. The van der Waals surface area contributed by atoms with Crippen LogP contribution in [-0.2, 0) is 9.59 Å². The van der Waals surface area contributed by atoms with E-state index >= 15 is 0 Å². The van der Waals surface area contributed by atoms with Gasteiger partial charge in [-0.2, -0.15) is 0 Å². The highest BCUT2D eigenvalue weighted by atomic mass is 16.5. The van der Waals surface area contributed by atoms with E-state index < -0.39 is 17.7 Å². The number of hydrogen-bond acceptors (Lipinski definition) is 6. The molecule has 1 aliphatic heterocycles. The van der Waals surface area contributed by atoms with Crippen molar-refractivity contribution < 1.29 is 28.6 Å². The predicted molar refractivity (Wildman–Crippen MR) is 114 cm³/mol. The minimum atomic E-state index is -0.927. The topological polar surface area (TPSA) is 89.2 Å². The maximum atomic E-state index is 13.1. The summed E-state index contributed by atoms with van der Waals surface area (Å²) in [6.07, 6.45) is 1.46. The van der Waals surface area contributed by atoms with Crippen LogP contribution in [0.5, 0.6) is 11.5 Å². The third kappa shape index (κ3) is 3.44. The van der Waals surface area contributed by atoms with Gasteiger partial charge in [-0.25, -0.2) is 0 Å². The van der Waals surface area contributed by atoms with E-state index in [1.54, 1.807) is 48.5 Å². The van der Waals surface area contributed by atoms with Crippen molar-refractivity contribution in [2.24, 2.45) is 0 Å². The number of carbonyl (C=O) groups excluding carboxylic acids is 2. The van der Waals surface area contributed by atoms with E-state index in [-0.39, 0.29) is 16.9 Å². The number of aliphatic hydroxyl groups is 1. The van der Waals surface area contributed by atoms with Crippen molar-refractivity contribution in [3.63, 3.8) is 0 Å². The average Bonchev–Trinajstić information content (AvgIpc) is 3.40. The molecule has 1 N–H and O–H groups in total. The number of rotatable bonds is 5. The minimum absolute atomic E-state index is 0.0788. The lowest BCUT2D eigenvalue weighted by atomic mass is 9.98. The van der Waals surface area contributed by atoms with Gasteiger partial charge in [0.2, 0.25) is 0 Å². The van der Waals surface area contributed by atoms with E-state index in [2.05, 4.69) is 0 Å². The van der Waals surface area contributed by atoms with Gasteiger partial charge >= 0.3 is 0 Å². The first-order chi connectivity index (χ1) is 15.0. The highest BCUT2D eigenvalue weighted by Gasteiger charge is 2.48. The Morgan fingerprint density at radius 2 is 1.84 bits per heavy atom. The number of benzene rings is 2. The summed E-state index contributed by atoms with van der Waals surface area (Å²) in [6.45, 7) is 1.89. The number of carbonyl (C=O) groups is 2. The summed E-state index contributed by atoms with van der Waals surface area (Å²) in [5.41, 5.74) is 1.64. The molecule has 0 aliphatic carbocycles. The third-order valence-electron chi connectivity index (χ3n) is 5.20. The monoisotopic (exact) mass is 419 g/mol. The quantitative estimate of drug-likeness (QED) is 0.378. The fourth-order valence-corrected chi connectivity index (χ4v) is 3.73. The van der Waals surface area contributed by atoms with Gasteiger partial charge in [0, 0.05) is 11.8 Å². The zero-order chi connectivity index (χ0) is 22.1. The number of amides is 1. The van der Waals surface area contributed by atoms with Crippen molar-refractivity contribution in [1.82, 2.24) is 0 Å². The summed E-state index contributed by atoms with van der Waals surface area (Å²) in [6, 6.07) is 14.4. The molecule has 1 aromatic heterocycles. The van der Waals surface area contributed by atoms with E-state index in [1.165, 1.54) is 25.4 Å². The highest BCUT2D eigenvalue weighted by molar-refractivity contribution is 6.51. The summed E-state index contributed by atoms with van der Waals surface area (Å²) >= 11 is 0. The summed E-state index contributed by atoms with van der Waals surface area (Å²) in [5, 5.41) is 11.2. The van der Waals surface area contributed by atoms with E-state index in [0.717, 1.165) is 5.56 Å². The molecule has 4 rings (SSSR count). The van der Waals surface area contributed by atoms with Gasteiger partial charge in [0.15, 0.2) is 0 Å². The van der Waals surface area contributed by atoms with Gasteiger partial charge in [0.05, 0.1) is 31.6 Å². The Labute approximate surface area is 179 Å². The molecule has 2 aromatic carbocycles. The third-order valence-corrected chi connectivity index (χ3v) is 5.20. The first-order valence-corrected chi connectivity index (χ1v) is 9.59. The molecule has 31 heavy (non-hydrogen) atoms. The second kappa shape index (κ2) is 8.02. The standard InChI is InChI=1S/C24H21NO6/c1-14-6-4-7-15(12-14)25-21(18-8-5-11-31-18)20(23(27)24(25)28)22(26)17-10-9-16(29-2)13-19(17)30-3/h4-13,21,26H,1-3H3/b22-20-. The number of hydrogen-bond donors (Lipinski definition) is 1. The van der Waals surface area contributed by atoms with Crippen molar-refractivity contribution in [3.05, 3.63) is 83.3 Å². The van der Waals surface area contributed by atoms with Crippen molar-refractivity contribution in [2.75, 3.05) is 19.1 Å². The molecule has 0 bridgehead atoms. The summed E-state index contributed by atoms with van der Waals surface area (Å²) in [5.74, 6) is -0.726. The Bertz CT molecular complexity index is 1180. The first kappa shape index (κ1) is 20.3. The lowest BCUT2D eigenvalue weighted by Gasteiger charge is -2.23. The van der Waals surface area contributed by atoms with Crippen molar-refractivity contribution >= 4 is 23.1 Å². The van der Waals surface area contributed by atoms with E-state index in [1.807, 2.05) is 13.0 Å². The SMILES string of the molecule is COc1ccc(/C(O)=C2/C(=O)C(=O)N(c3cccc(C)c3)C2c2ccco2)c(OC)c1. The van der Waals surface area contributed by atoms with Gasteiger partial charge < -0.3 is 19.0 Å². The minimum Gasteiger partial charge on any atom is -0.507 e. The number of aryl methyl sites for hydroxylation is 1. The second-order valence-electron chi connectivity index (χ2n) is 7.09. The van der Waals surface area contributed by atoms with Gasteiger partial charge in [-0.15, -0.1) is 0 Å². The molecule has 1 atom stereocenters. The van der Waals surface area contributed by atoms with Crippen LogP contribution in [0.4, 0.5) is 5.69 Å². The molecule has 7 heteroatoms. The van der Waals surface area contributed by atoms with Crippen LogP contribution >= 0.6 is 0 Å². The Kier molecular flexibility index (Phi) is 5.25. The van der Waals surface area contributed by atoms with Gasteiger partial charge in [0.25, 0.3) is 11.7 Å². The fourth-order valence-electron chi connectivity index (χ4n) is 3.73. The van der Waals surface area contributed by atoms with Gasteiger partial charge in [-0.1, -0.05) is 12.1 Å². The molecule has 1 saturated heterocycles. The second-order valence-corrected chi connectivity index (χ2v) is 7.09. The summed E-state index contributed by atoms with van der Waals surface area (Å²) in [7, 11) is 2.96. The number of methoxy groups -OCH3 is 2. The van der Waals surface area contributed by atoms with Crippen LogP contribution in [0.1, 0.15) is 22.9 Å². The van der Waals surface area contributed by atoms with Gasteiger partial charge in [0.1, 0.15) is 29.1 Å². The van der Waals surface area contributed by atoms with E-state index in [4.69, 9.17) is 13.9 Å². The molecule has 0 radical (unpaired) electrons. The Hall–Kier alpha value is -4.00. The molecule has 7 nitrogen and oxygen atoms in total. The fraction of sp³-hybridized carbons (Fsp3) is 0.167. The number of nitrogens with zero attached hydrogens (tertiary/aromatic N) is 1. The van der Waals surface area contributed by atoms with E-state index in [9.17, 15) is 14.7 Å². The lowest BCUT2D eigenvalue weighted by molar-refractivity contribution is -0.132. The van der Waals surface area contributed by atoms with Gasteiger partial charge in [-0.05, 0) is 48.9 Å². The maximum absolute atomic E-state index is 13.1. The number of anilines is 1. The molecular weight excluding hydrogens is 398 g/mol. The van der Waals surface area contributed by atoms with E-state index in [0.29, 0.717) is 22.9 Å². The largest absolute Gasteiger partial charge is 0.507 e. The van der Waals surface area contributed by atoms with Crippen LogP contribution in [-0.4, -0.2) is 31.0 Å². The van der Waals surface area contributed by atoms with Crippen molar-refractivity contribution in [2.45, 2.75) is 13.0 Å². The van der Waals surface area contributed by atoms with Crippen LogP contribution in [0.15, 0.2) is 70.9 Å². The first-order valence-electron chi connectivity index (χ1n) is 9.59. The molecule has 0 spiro atoms. The molecule has 1 unspecified atom stereocenters. The smallest absolute Gasteiger partial charge is 0.300 e. The van der Waals surface area contributed by atoms with Crippen molar-refractivity contribution in [3.8, 4) is 11.5 Å².